The number of rotatable bonds is 4. The lowest BCUT2D eigenvalue weighted by molar-refractivity contribution is 0.102. The molecule has 1 aliphatic heterocycles. The van der Waals surface area contributed by atoms with Crippen molar-refractivity contribution < 1.29 is 9.53 Å². The summed E-state index contributed by atoms with van der Waals surface area (Å²) in [5, 5.41) is 3.24. The fraction of sp³-hybridized carbons (Fsp3) is 0.222. The number of benzene rings is 1. The normalized spacial score (nSPS) is 14.2. The second-order valence-corrected chi connectivity index (χ2v) is 6.49. The first-order chi connectivity index (χ1) is 12.8. The van der Waals surface area contributed by atoms with E-state index in [0.29, 0.717) is 22.2 Å². The summed E-state index contributed by atoms with van der Waals surface area (Å²) in [4.78, 5) is 23.2. The van der Waals surface area contributed by atoms with E-state index < -0.39 is 0 Å². The highest BCUT2D eigenvalue weighted by molar-refractivity contribution is 7.10. The van der Waals surface area contributed by atoms with Gasteiger partial charge in [-0.1, -0.05) is 6.07 Å². The van der Waals surface area contributed by atoms with Gasteiger partial charge in [-0.2, -0.15) is 9.36 Å². The minimum Gasteiger partial charge on any atom is -0.378 e. The number of nitrogens with zero attached hydrogens (tertiary/aromatic N) is 4. The molecular formula is C18H17N5O2S. The van der Waals surface area contributed by atoms with Crippen LogP contribution in [0.15, 0.2) is 48.7 Å². The zero-order valence-corrected chi connectivity index (χ0v) is 14.8. The molecule has 0 unspecified atom stereocenters. The number of carbonyl (C=O) groups excluding carboxylic acids is 1. The number of pyridine rings is 1. The third-order valence-corrected chi connectivity index (χ3v) is 4.68. The van der Waals surface area contributed by atoms with Gasteiger partial charge in [-0.3, -0.25) is 15.1 Å². The average Bonchev–Trinajstić information content (AvgIpc) is 3.18. The molecule has 0 aliphatic carbocycles. The molecule has 2 aromatic heterocycles. The van der Waals surface area contributed by atoms with Crippen LogP contribution in [0.3, 0.4) is 0 Å². The maximum Gasteiger partial charge on any atom is 0.257 e. The minimum atomic E-state index is -0.206. The Hall–Kier alpha value is -2.84. The highest BCUT2D eigenvalue weighted by atomic mass is 32.1. The number of aromatic nitrogens is 3. The van der Waals surface area contributed by atoms with Gasteiger partial charge in [0.2, 0.25) is 5.13 Å². The predicted octanol–water partition coefficient (Wildman–Crippen LogP) is 2.69. The van der Waals surface area contributed by atoms with Gasteiger partial charge in [-0.05, 0) is 36.4 Å². The quantitative estimate of drug-likeness (QED) is 0.764. The Balaban J connectivity index is 1.42. The fourth-order valence-electron chi connectivity index (χ4n) is 2.69. The Bertz CT molecular complexity index is 876. The molecule has 7 nitrogen and oxygen atoms in total. The molecule has 132 valence electrons. The standard InChI is InChI=1S/C18H17N5O2S/c24-17(13-4-6-14(7-5-13)23-9-11-25-12-10-23)21-18-20-16(22-26-18)15-3-1-2-8-19-15/h1-8H,9-12H2,(H,20,21,22,24). The van der Waals surface area contributed by atoms with E-state index in [9.17, 15) is 4.79 Å². The summed E-state index contributed by atoms with van der Waals surface area (Å²) in [6.07, 6.45) is 1.69. The second-order valence-electron chi connectivity index (χ2n) is 5.74. The van der Waals surface area contributed by atoms with Crippen molar-refractivity contribution in [1.29, 1.82) is 0 Å². The number of ether oxygens (including phenoxy) is 1. The van der Waals surface area contributed by atoms with Crippen LogP contribution in [0.25, 0.3) is 11.5 Å². The van der Waals surface area contributed by atoms with Crippen molar-refractivity contribution >= 4 is 28.3 Å². The SMILES string of the molecule is O=C(Nc1nc(-c2ccccn2)ns1)c1ccc(N2CCOCC2)cc1. The molecule has 1 fully saturated rings. The molecule has 4 rings (SSSR count). The number of amides is 1. The molecule has 1 aromatic carbocycles. The summed E-state index contributed by atoms with van der Waals surface area (Å²) >= 11 is 1.14. The molecule has 1 N–H and O–H groups in total. The molecule has 8 heteroatoms. The van der Waals surface area contributed by atoms with Crippen molar-refractivity contribution in [2.45, 2.75) is 0 Å². The molecule has 0 saturated carbocycles. The van der Waals surface area contributed by atoms with E-state index in [1.807, 2.05) is 42.5 Å². The van der Waals surface area contributed by atoms with Gasteiger partial charge in [0.05, 0.1) is 13.2 Å². The fourth-order valence-corrected chi connectivity index (χ4v) is 3.26. The van der Waals surface area contributed by atoms with Crippen LogP contribution < -0.4 is 10.2 Å². The number of morpholine rings is 1. The summed E-state index contributed by atoms with van der Waals surface area (Å²) in [7, 11) is 0. The van der Waals surface area contributed by atoms with Crippen LogP contribution in [0, 0.1) is 0 Å². The van der Waals surface area contributed by atoms with E-state index in [1.165, 1.54) is 0 Å². The van der Waals surface area contributed by atoms with Crippen molar-refractivity contribution in [1.82, 2.24) is 14.3 Å². The minimum absolute atomic E-state index is 0.206. The summed E-state index contributed by atoms with van der Waals surface area (Å²) < 4.78 is 9.60. The Morgan fingerprint density at radius 2 is 1.92 bits per heavy atom. The van der Waals surface area contributed by atoms with Gasteiger partial charge in [0.25, 0.3) is 5.91 Å². The Kier molecular flexibility index (Phi) is 4.85. The summed E-state index contributed by atoms with van der Waals surface area (Å²) in [6.45, 7) is 3.20. The van der Waals surface area contributed by atoms with Crippen LogP contribution in [0.1, 0.15) is 10.4 Å². The molecule has 1 saturated heterocycles. The van der Waals surface area contributed by atoms with Gasteiger partial charge in [-0.15, -0.1) is 0 Å². The van der Waals surface area contributed by atoms with E-state index in [0.717, 1.165) is 43.5 Å². The lowest BCUT2D eigenvalue weighted by atomic mass is 10.2. The van der Waals surface area contributed by atoms with Crippen LogP contribution in [-0.2, 0) is 4.74 Å². The van der Waals surface area contributed by atoms with Crippen LogP contribution in [-0.4, -0.2) is 46.6 Å². The van der Waals surface area contributed by atoms with Crippen molar-refractivity contribution in [3.05, 3.63) is 54.2 Å². The molecular weight excluding hydrogens is 350 g/mol. The zero-order chi connectivity index (χ0) is 17.8. The van der Waals surface area contributed by atoms with Gasteiger partial charge in [-0.25, -0.2) is 0 Å². The van der Waals surface area contributed by atoms with E-state index in [-0.39, 0.29) is 5.91 Å². The van der Waals surface area contributed by atoms with E-state index in [4.69, 9.17) is 4.74 Å². The predicted molar refractivity (Wildman–Crippen MR) is 101 cm³/mol. The monoisotopic (exact) mass is 367 g/mol. The Morgan fingerprint density at radius 3 is 2.65 bits per heavy atom. The summed E-state index contributed by atoms with van der Waals surface area (Å²) in [6, 6.07) is 13.1. The first-order valence-corrected chi connectivity index (χ1v) is 9.06. The number of hydrogen-bond donors (Lipinski definition) is 1. The molecule has 1 aliphatic rings. The van der Waals surface area contributed by atoms with Gasteiger partial charge >= 0.3 is 0 Å². The third-order valence-electron chi connectivity index (χ3n) is 4.05. The molecule has 0 spiro atoms. The Labute approximate surface area is 154 Å². The number of anilines is 2. The Morgan fingerprint density at radius 1 is 1.12 bits per heavy atom. The van der Waals surface area contributed by atoms with E-state index >= 15 is 0 Å². The van der Waals surface area contributed by atoms with Crippen molar-refractivity contribution in [2.75, 3.05) is 36.5 Å². The number of carbonyl (C=O) groups is 1. The molecule has 0 atom stereocenters. The summed E-state index contributed by atoms with van der Waals surface area (Å²) in [5.41, 5.74) is 2.36. The van der Waals surface area contributed by atoms with Crippen molar-refractivity contribution in [3.8, 4) is 11.5 Å². The van der Waals surface area contributed by atoms with Crippen LogP contribution in [0.4, 0.5) is 10.8 Å². The van der Waals surface area contributed by atoms with Crippen molar-refractivity contribution in [2.24, 2.45) is 0 Å². The van der Waals surface area contributed by atoms with Crippen LogP contribution in [0.5, 0.6) is 0 Å². The third kappa shape index (κ3) is 3.71. The molecule has 1 amide bonds. The maximum absolute atomic E-state index is 12.4. The molecule has 3 heterocycles. The molecule has 0 bridgehead atoms. The molecule has 26 heavy (non-hydrogen) atoms. The summed E-state index contributed by atoms with van der Waals surface area (Å²) in [5.74, 6) is 0.302. The van der Waals surface area contributed by atoms with Gasteiger partial charge in [0, 0.05) is 42.1 Å². The van der Waals surface area contributed by atoms with E-state index in [2.05, 4.69) is 24.6 Å². The first-order valence-electron chi connectivity index (χ1n) is 8.29. The largest absolute Gasteiger partial charge is 0.378 e. The topological polar surface area (TPSA) is 80.2 Å². The van der Waals surface area contributed by atoms with Gasteiger partial charge < -0.3 is 9.64 Å². The zero-order valence-electron chi connectivity index (χ0n) is 14.0. The van der Waals surface area contributed by atoms with Crippen molar-refractivity contribution in [3.63, 3.8) is 0 Å². The lowest BCUT2D eigenvalue weighted by Crippen LogP contribution is -2.36. The highest BCUT2D eigenvalue weighted by Gasteiger charge is 2.14. The smallest absolute Gasteiger partial charge is 0.257 e. The van der Waals surface area contributed by atoms with Crippen LogP contribution in [0.2, 0.25) is 0 Å². The van der Waals surface area contributed by atoms with Gasteiger partial charge in [0.1, 0.15) is 5.69 Å². The van der Waals surface area contributed by atoms with E-state index in [1.54, 1.807) is 6.20 Å². The second kappa shape index (κ2) is 7.59. The average molecular weight is 367 g/mol. The number of nitrogens with one attached hydrogen (secondary N) is 1. The van der Waals surface area contributed by atoms with Crippen LogP contribution >= 0.6 is 11.5 Å². The first kappa shape index (κ1) is 16.6. The molecule has 3 aromatic rings. The number of hydrogen-bond acceptors (Lipinski definition) is 7. The lowest BCUT2D eigenvalue weighted by Gasteiger charge is -2.28. The maximum atomic E-state index is 12.4. The highest BCUT2D eigenvalue weighted by Crippen LogP contribution is 2.21. The van der Waals surface area contributed by atoms with Gasteiger partial charge in [0.15, 0.2) is 5.82 Å². The molecule has 0 radical (unpaired) electrons.